The van der Waals surface area contributed by atoms with Crippen LogP contribution >= 0.6 is 0 Å². The van der Waals surface area contributed by atoms with Crippen molar-refractivity contribution in [1.29, 1.82) is 0 Å². The minimum absolute atomic E-state index is 0.149. The first-order valence-electron chi connectivity index (χ1n) is 7.04. The van der Waals surface area contributed by atoms with E-state index in [1.807, 2.05) is 45.0 Å². The van der Waals surface area contributed by atoms with Gasteiger partial charge in [0.1, 0.15) is 5.82 Å². The Bertz CT molecular complexity index is 641. The average molecular weight is 272 g/mol. The third kappa shape index (κ3) is 1.60. The smallest absolute Gasteiger partial charge is 0.309 e. The first-order valence-corrected chi connectivity index (χ1v) is 7.04. The SMILES string of the molecule is CC1(C(=O)O)CCC(c2nc3ccccc3[nH]2)C1(C)C. The van der Waals surface area contributed by atoms with Gasteiger partial charge in [-0.05, 0) is 37.3 Å². The highest BCUT2D eigenvalue weighted by atomic mass is 16.4. The number of hydrogen-bond donors (Lipinski definition) is 2. The van der Waals surface area contributed by atoms with Crippen molar-refractivity contribution in [2.45, 2.75) is 39.5 Å². The van der Waals surface area contributed by atoms with Crippen LogP contribution in [0.2, 0.25) is 0 Å². The van der Waals surface area contributed by atoms with E-state index in [1.165, 1.54) is 0 Å². The highest BCUT2D eigenvalue weighted by molar-refractivity contribution is 5.77. The second-order valence-electron chi connectivity index (χ2n) is 6.59. The molecule has 1 aromatic heterocycles. The number of benzene rings is 1. The van der Waals surface area contributed by atoms with Gasteiger partial charge in [0.25, 0.3) is 0 Å². The molecule has 0 bridgehead atoms. The summed E-state index contributed by atoms with van der Waals surface area (Å²) in [6, 6.07) is 7.93. The van der Waals surface area contributed by atoms with E-state index in [4.69, 9.17) is 0 Å². The van der Waals surface area contributed by atoms with Crippen molar-refractivity contribution >= 4 is 17.0 Å². The molecule has 0 amide bonds. The number of fused-ring (bicyclic) bond motifs is 1. The molecule has 0 aliphatic heterocycles. The third-order valence-electron chi connectivity index (χ3n) is 5.44. The van der Waals surface area contributed by atoms with Crippen molar-refractivity contribution in [3.63, 3.8) is 0 Å². The number of aliphatic carboxylic acids is 1. The molecular formula is C16H20N2O2. The molecule has 20 heavy (non-hydrogen) atoms. The van der Waals surface area contributed by atoms with Gasteiger partial charge in [-0.3, -0.25) is 4.79 Å². The lowest BCUT2D eigenvalue weighted by Crippen LogP contribution is -2.40. The van der Waals surface area contributed by atoms with Crippen LogP contribution in [0.25, 0.3) is 11.0 Å². The molecule has 2 atom stereocenters. The van der Waals surface area contributed by atoms with Crippen molar-refractivity contribution in [1.82, 2.24) is 9.97 Å². The molecular weight excluding hydrogens is 252 g/mol. The van der Waals surface area contributed by atoms with E-state index in [0.29, 0.717) is 6.42 Å². The van der Waals surface area contributed by atoms with E-state index in [-0.39, 0.29) is 11.3 Å². The Balaban J connectivity index is 2.05. The summed E-state index contributed by atoms with van der Waals surface area (Å²) in [7, 11) is 0. The normalized spacial score (nSPS) is 28.9. The topological polar surface area (TPSA) is 66.0 Å². The van der Waals surface area contributed by atoms with Crippen LogP contribution in [0.15, 0.2) is 24.3 Å². The lowest BCUT2D eigenvalue weighted by Gasteiger charge is -2.37. The molecule has 1 fully saturated rings. The molecule has 106 valence electrons. The van der Waals surface area contributed by atoms with Crippen LogP contribution < -0.4 is 0 Å². The summed E-state index contributed by atoms with van der Waals surface area (Å²) in [4.78, 5) is 19.7. The molecule has 3 rings (SSSR count). The van der Waals surface area contributed by atoms with E-state index < -0.39 is 11.4 Å². The van der Waals surface area contributed by atoms with E-state index in [9.17, 15) is 9.90 Å². The summed E-state index contributed by atoms with van der Waals surface area (Å²) in [5.41, 5.74) is 0.938. The second-order valence-corrected chi connectivity index (χ2v) is 6.59. The van der Waals surface area contributed by atoms with Crippen LogP contribution in [0.1, 0.15) is 45.4 Å². The summed E-state index contributed by atoms with van der Waals surface area (Å²) in [6.45, 7) is 5.95. The van der Waals surface area contributed by atoms with Gasteiger partial charge in [-0.15, -0.1) is 0 Å². The lowest BCUT2D eigenvalue weighted by molar-refractivity contribution is -0.153. The van der Waals surface area contributed by atoms with E-state index >= 15 is 0 Å². The molecule has 2 aromatic rings. The first-order chi connectivity index (χ1) is 9.36. The Kier molecular flexibility index (Phi) is 2.68. The summed E-state index contributed by atoms with van der Waals surface area (Å²) in [6.07, 6.45) is 1.55. The van der Waals surface area contributed by atoms with Gasteiger partial charge in [-0.25, -0.2) is 4.98 Å². The van der Waals surface area contributed by atoms with Crippen molar-refractivity contribution in [2.24, 2.45) is 10.8 Å². The Morgan fingerprint density at radius 1 is 1.35 bits per heavy atom. The fraction of sp³-hybridized carbons (Fsp3) is 0.500. The number of carboxylic acid groups (broad SMARTS) is 1. The highest BCUT2D eigenvalue weighted by Crippen LogP contribution is 2.59. The van der Waals surface area contributed by atoms with Gasteiger partial charge in [-0.2, -0.15) is 0 Å². The Morgan fingerprint density at radius 2 is 2.05 bits per heavy atom. The largest absolute Gasteiger partial charge is 0.481 e. The molecule has 1 aromatic carbocycles. The average Bonchev–Trinajstić information content (AvgIpc) is 2.90. The molecule has 1 saturated carbocycles. The molecule has 0 saturated heterocycles. The number of aromatic amines is 1. The highest BCUT2D eigenvalue weighted by Gasteiger charge is 2.57. The summed E-state index contributed by atoms with van der Waals surface area (Å²) < 4.78 is 0. The van der Waals surface area contributed by atoms with Crippen LogP contribution in [-0.2, 0) is 4.79 Å². The first kappa shape index (κ1) is 13.2. The van der Waals surface area contributed by atoms with Crippen LogP contribution in [0.4, 0.5) is 0 Å². The fourth-order valence-corrected chi connectivity index (χ4v) is 3.50. The molecule has 2 N–H and O–H groups in total. The maximum Gasteiger partial charge on any atom is 0.309 e. The van der Waals surface area contributed by atoms with Crippen molar-refractivity contribution in [3.05, 3.63) is 30.1 Å². The quantitative estimate of drug-likeness (QED) is 0.878. The van der Waals surface area contributed by atoms with Gasteiger partial charge >= 0.3 is 5.97 Å². The number of imidazole rings is 1. The molecule has 1 heterocycles. The van der Waals surface area contributed by atoms with Gasteiger partial charge in [0.2, 0.25) is 0 Å². The molecule has 0 radical (unpaired) electrons. The monoisotopic (exact) mass is 272 g/mol. The number of carboxylic acids is 1. The minimum Gasteiger partial charge on any atom is -0.481 e. The molecule has 1 aliphatic carbocycles. The standard InChI is InChI=1S/C16H20N2O2/c1-15(2)10(8-9-16(15,3)14(19)20)13-17-11-6-4-5-7-12(11)18-13/h4-7,10H,8-9H2,1-3H3,(H,17,18)(H,19,20). The van der Waals surface area contributed by atoms with Crippen molar-refractivity contribution in [3.8, 4) is 0 Å². The van der Waals surface area contributed by atoms with Crippen molar-refractivity contribution < 1.29 is 9.90 Å². The number of H-pyrrole nitrogens is 1. The number of carbonyl (C=O) groups is 1. The number of hydrogen-bond acceptors (Lipinski definition) is 2. The fourth-order valence-electron chi connectivity index (χ4n) is 3.50. The Labute approximate surface area is 118 Å². The van der Waals surface area contributed by atoms with Gasteiger partial charge in [0.05, 0.1) is 16.4 Å². The zero-order chi connectivity index (χ0) is 14.5. The van der Waals surface area contributed by atoms with Gasteiger partial charge in [0, 0.05) is 5.92 Å². The summed E-state index contributed by atoms with van der Waals surface area (Å²) >= 11 is 0. The predicted octanol–water partition coefficient (Wildman–Crippen LogP) is 3.56. The zero-order valence-electron chi connectivity index (χ0n) is 12.1. The van der Waals surface area contributed by atoms with Gasteiger partial charge < -0.3 is 10.1 Å². The van der Waals surface area contributed by atoms with Crippen LogP contribution in [0, 0.1) is 10.8 Å². The van der Waals surface area contributed by atoms with Crippen LogP contribution in [-0.4, -0.2) is 21.0 Å². The second kappa shape index (κ2) is 4.08. The Hall–Kier alpha value is -1.84. The summed E-state index contributed by atoms with van der Waals surface area (Å²) in [5.74, 6) is 0.360. The predicted molar refractivity (Wildman–Crippen MR) is 77.6 cm³/mol. The third-order valence-corrected chi connectivity index (χ3v) is 5.44. The van der Waals surface area contributed by atoms with Crippen LogP contribution in [0.5, 0.6) is 0 Å². The van der Waals surface area contributed by atoms with Crippen molar-refractivity contribution in [2.75, 3.05) is 0 Å². The minimum atomic E-state index is -0.707. The number of aromatic nitrogens is 2. The molecule has 4 heteroatoms. The number of nitrogens with one attached hydrogen (secondary N) is 1. The van der Waals surface area contributed by atoms with E-state index in [2.05, 4.69) is 9.97 Å². The van der Waals surface area contributed by atoms with E-state index in [1.54, 1.807) is 0 Å². The maximum absolute atomic E-state index is 11.7. The molecule has 1 aliphatic rings. The molecule has 2 unspecified atom stereocenters. The molecule has 0 spiro atoms. The molecule has 4 nitrogen and oxygen atoms in total. The zero-order valence-corrected chi connectivity index (χ0v) is 12.1. The van der Waals surface area contributed by atoms with Gasteiger partial charge in [-0.1, -0.05) is 26.0 Å². The van der Waals surface area contributed by atoms with E-state index in [0.717, 1.165) is 23.3 Å². The summed E-state index contributed by atoms with van der Waals surface area (Å²) in [5, 5.41) is 9.58. The number of nitrogens with zero attached hydrogens (tertiary/aromatic N) is 1. The Morgan fingerprint density at radius 3 is 2.65 bits per heavy atom. The maximum atomic E-state index is 11.7. The number of para-hydroxylation sites is 2. The van der Waals surface area contributed by atoms with Crippen LogP contribution in [0.3, 0.4) is 0 Å². The number of rotatable bonds is 2. The lowest BCUT2D eigenvalue weighted by atomic mass is 9.65. The van der Waals surface area contributed by atoms with Gasteiger partial charge in [0.15, 0.2) is 0 Å².